The summed E-state index contributed by atoms with van der Waals surface area (Å²) in [6.07, 6.45) is 0. The third kappa shape index (κ3) is 4.48. The molecule has 2 heterocycles. The zero-order valence-corrected chi connectivity index (χ0v) is 21.9. The lowest BCUT2D eigenvalue weighted by molar-refractivity contribution is 0.355. The highest BCUT2D eigenvalue weighted by molar-refractivity contribution is 7.98. The van der Waals surface area contributed by atoms with Crippen LogP contribution < -0.4 is 9.47 Å². The van der Waals surface area contributed by atoms with Crippen molar-refractivity contribution in [2.75, 3.05) is 14.2 Å². The number of thioether (sulfide) groups is 1. The summed E-state index contributed by atoms with van der Waals surface area (Å²) in [6, 6.07) is 20.4. The number of methoxy groups -OCH3 is 2. The fraction of sp³-hybridized carbons (Fsp3) is 0.111. The first kappa shape index (κ1) is 24.4. The Morgan fingerprint density at radius 1 is 1.03 bits per heavy atom. The molecule has 0 aliphatic heterocycles. The fourth-order valence-corrected chi connectivity index (χ4v) is 6.29. The van der Waals surface area contributed by atoms with E-state index >= 15 is 0 Å². The van der Waals surface area contributed by atoms with E-state index in [9.17, 15) is 4.39 Å². The average molecular weight is 538 g/mol. The van der Waals surface area contributed by atoms with Crippen molar-refractivity contribution in [3.05, 3.63) is 100 Å². The SMILES string of the molecule is C=C(c1ccc(OC)c(OC)c1)c1sc2nnc(SCc3c(F)cccc3Cl)n2c1-c1ccccc1. The third-order valence-electron chi connectivity index (χ3n) is 5.70. The molecule has 0 aliphatic carbocycles. The molecule has 0 bridgehead atoms. The van der Waals surface area contributed by atoms with Gasteiger partial charge in [0.25, 0.3) is 0 Å². The molecule has 0 atom stereocenters. The summed E-state index contributed by atoms with van der Waals surface area (Å²) in [6.45, 7) is 4.41. The van der Waals surface area contributed by atoms with Crippen molar-refractivity contribution in [3.8, 4) is 22.8 Å². The lowest BCUT2D eigenvalue weighted by Crippen LogP contribution is -1.96. The number of hydrogen-bond acceptors (Lipinski definition) is 6. The molecule has 0 saturated carbocycles. The number of rotatable bonds is 8. The first-order valence-corrected chi connectivity index (χ1v) is 13.1. The Kier molecular flexibility index (Phi) is 7.00. The van der Waals surface area contributed by atoms with Crippen LogP contribution in [0.5, 0.6) is 11.5 Å². The second-order valence-electron chi connectivity index (χ2n) is 7.78. The van der Waals surface area contributed by atoms with Gasteiger partial charge in [-0.3, -0.25) is 4.40 Å². The zero-order valence-electron chi connectivity index (χ0n) is 19.5. The maximum Gasteiger partial charge on any atom is 0.217 e. The van der Waals surface area contributed by atoms with Gasteiger partial charge in [-0.05, 0) is 35.4 Å². The Morgan fingerprint density at radius 3 is 2.53 bits per heavy atom. The quantitative estimate of drug-likeness (QED) is 0.190. The van der Waals surface area contributed by atoms with Crippen LogP contribution in [0.3, 0.4) is 0 Å². The number of hydrogen-bond donors (Lipinski definition) is 0. The summed E-state index contributed by atoms with van der Waals surface area (Å²) in [5, 5.41) is 9.84. The molecule has 0 fully saturated rings. The highest BCUT2D eigenvalue weighted by Gasteiger charge is 2.23. The first-order chi connectivity index (χ1) is 17.5. The molecule has 5 nitrogen and oxygen atoms in total. The Labute approximate surface area is 221 Å². The summed E-state index contributed by atoms with van der Waals surface area (Å²) in [7, 11) is 3.21. The summed E-state index contributed by atoms with van der Waals surface area (Å²) in [5.74, 6) is 1.25. The molecule has 0 aliphatic rings. The second kappa shape index (κ2) is 10.3. The minimum absolute atomic E-state index is 0.322. The van der Waals surface area contributed by atoms with Gasteiger partial charge in [-0.25, -0.2) is 4.39 Å². The fourth-order valence-electron chi connectivity index (χ4n) is 3.87. The monoisotopic (exact) mass is 537 g/mol. The van der Waals surface area contributed by atoms with Gasteiger partial charge in [0.2, 0.25) is 4.96 Å². The summed E-state index contributed by atoms with van der Waals surface area (Å²) in [5.41, 5.74) is 4.06. The van der Waals surface area contributed by atoms with Gasteiger partial charge in [-0.15, -0.1) is 10.2 Å². The van der Waals surface area contributed by atoms with Crippen LogP contribution in [0.4, 0.5) is 4.39 Å². The average Bonchev–Trinajstić information content (AvgIpc) is 3.47. The molecular formula is C27H21ClFN3O2S2. The number of fused-ring (bicyclic) bond motifs is 1. The maximum absolute atomic E-state index is 14.4. The van der Waals surface area contributed by atoms with E-state index in [4.69, 9.17) is 21.1 Å². The van der Waals surface area contributed by atoms with E-state index in [0.717, 1.165) is 27.3 Å². The molecule has 0 unspecified atom stereocenters. The highest BCUT2D eigenvalue weighted by Crippen LogP contribution is 2.42. The molecule has 0 radical (unpaired) electrons. The standard InChI is InChI=1S/C27H21ClFN3O2S2/c1-16(18-12-13-22(33-2)23(14-18)34-3)25-24(17-8-5-4-6-9-17)32-26(30-31-27(32)36-25)35-15-19-20(28)10-7-11-21(19)29/h4-14H,1,15H2,2-3H3. The van der Waals surface area contributed by atoms with Crippen molar-refractivity contribution in [1.82, 2.24) is 14.6 Å². The van der Waals surface area contributed by atoms with E-state index in [0.29, 0.717) is 38.0 Å². The summed E-state index contributed by atoms with van der Waals surface area (Å²) < 4.78 is 27.3. The van der Waals surface area contributed by atoms with Crippen LogP contribution in [-0.4, -0.2) is 28.8 Å². The van der Waals surface area contributed by atoms with Crippen molar-refractivity contribution in [3.63, 3.8) is 0 Å². The van der Waals surface area contributed by atoms with E-state index in [-0.39, 0.29) is 5.82 Å². The van der Waals surface area contributed by atoms with Gasteiger partial charge < -0.3 is 9.47 Å². The largest absolute Gasteiger partial charge is 0.493 e. The summed E-state index contributed by atoms with van der Waals surface area (Å²) >= 11 is 9.13. The topological polar surface area (TPSA) is 48.7 Å². The molecule has 2 aromatic heterocycles. The van der Waals surface area contributed by atoms with Gasteiger partial charge in [0.05, 0.1) is 24.8 Å². The minimum atomic E-state index is -0.341. The van der Waals surface area contributed by atoms with Crippen LogP contribution in [0.15, 0.2) is 78.5 Å². The number of thiazole rings is 1. The van der Waals surface area contributed by atoms with Gasteiger partial charge in [-0.2, -0.15) is 0 Å². The van der Waals surface area contributed by atoms with E-state index in [1.54, 1.807) is 26.4 Å². The van der Waals surface area contributed by atoms with Crippen LogP contribution in [0.1, 0.15) is 16.0 Å². The van der Waals surface area contributed by atoms with Crippen molar-refractivity contribution >= 4 is 45.2 Å². The molecule has 5 aromatic rings. The zero-order chi connectivity index (χ0) is 25.2. The highest BCUT2D eigenvalue weighted by atomic mass is 35.5. The number of aromatic nitrogens is 3. The Hall–Kier alpha value is -3.33. The molecule has 182 valence electrons. The number of benzene rings is 3. The van der Waals surface area contributed by atoms with Crippen molar-refractivity contribution in [1.29, 1.82) is 0 Å². The second-order valence-corrected chi connectivity index (χ2v) is 10.1. The van der Waals surface area contributed by atoms with Crippen LogP contribution in [0.2, 0.25) is 5.02 Å². The molecule has 36 heavy (non-hydrogen) atoms. The van der Waals surface area contributed by atoms with Crippen molar-refractivity contribution < 1.29 is 13.9 Å². The predicted octanol–water partition coefficient (Wildman–Crippen LogP) is 7.62. The van der Waals surface area contributed by atoms with E-state index in [2.05, 4.69) is 16.8 Å². The van der Waals surface area contributed by atoms with Crippen LogP contribution in [0, 0.1) is 5.82 Å². The maximum atomic E-state index is 14.4. The molecule has 0 amide bonds. The van der Waals surface area contributed by atoms with Gasteiger partial charge in [0, 0.05) is 21.9 Å². The smallest absolute Gasteiger partial charge is 0.217 e. The third-order valence-corrected chi connectivity index (χ3v) is 8.10. The van der Waals surface area contributed by atoms with Crippen molar-refractivity contribution in [2.24, 2.45) is 0 Å². The molecule has 9 heteroatoms. The van der Waals surface area contributed by atoms with Crippen LogP contribution in [0.25, 0.3) is 21.8 Å². The van der Waals surface area contributed by atoms with Gasteiger partial charge in [0.1, 0.15) is 5.82 Å². The predicted molar refractivity (Wildman–Crippen MR) is 145 cm³/mol. The molecule has 0 saturated heterocycles. The number of nitrogens with zero attached hydrogens (tertiary/aromatic N) is 3. The van der Waals surface area contributed by atoms with Gasteiger partial charge in [-0.1, -0.05) is 83.7 Å². The van der Waals surface area contributed by atoms with Crippen LogP contribution in [-0.2, 0) is 5.75 Å². The Bertz CT molecular complexity index is 1550. The molecule has 0 N–H and O–H groups in total. The van der Waals surface area contributed by atoms with E-state index in [1.165, 1.54) is 29.2 Å². The number of ether oxygens (including phenoxy) is 2. The minimum Gasteiger partial charge on any atom is -0.493 e. The molecule has 3 aromatic carbocycles. The first-order valence-electron chi connectivity index (χ1n) is 10.9. The van der Waals surface area contributed by atoms with Gasteiger partial charge in [0.15, 0.2) is 16.7 Å². The normalized spacial score (nSPS) is 11.1. The lowest BCUT2D eigenvalue weighted by atomic mass is 10.0. The molecule has 5 rings (SSSR count). The lowest BCUT2D eigenvalue weighted by Gasteiger charge is -2.12. The Balaban J connectivity index is 1.61. The van der Waals surface area contributed by atoms with Crippen LogP contribution >= 0.6 is 34.7 Å². The molecular weight excluding hydrogens is 517 g/mol. The van der Waals surface area contributed by atoms with Crippen molar-refractivity contribution in [2.45, 2.75) is 10.9 Å². The van der Waals surface area contributed by atoms with E-state index < -0.39 is 0 Å². The molecule has 0 spiro atoms. The summed E-state index contributed by atoms with van der Waals surface area (Å²) in [4.78, 5) is 1.66. The number of halogens is 2. The van der Waals surface area contributed by atoms with Gasteiger partial charge >= 0.3 is 0 Å². The van der Waals surface area contributed by atoms with E-state index in [1.807, 2.05) is 52.9 Å². The Morgan fingerprint density at radius 2 is 1.81 bits per heavy atom.